The molecule has 1 heterocycles. The quantitative estimate of drug-likeness (QED) is 0.796. The Labute approximate surface area is 102 Å². The molecule has 0 saturated heterocycles. The Bertz CT molecular complexity index is 585. The van der Waals surface area contributed by atoms with Crippen LogP contribution in [0.15, 0.2) is 24.5 Å². The summed E-state index contributed by atoms with van der Waals surface area (Å²) in [4.78, 5) is 4.05. The lowest BCUT2D eigenvalue weighted by molar-refractivity contribution is -0.137. The van der Waals surface area contributed by atoms with E-state index in [4.69, 9.17) is 5.73 Å². The minimum absolute atomic E-state index is 0.0746. The van der Waals surface area contributed by atoms with Crippen molar-refractivity contribution >= 4 is 5.69 Å². The minimum Gasteiger partial charge on any atom is -0.399 e. The van der Waals surface area contributed by atoms with Gasteiger partial charge in [-0.15, -0.1) is 0 Å². The molecule has 0 saturated carbocycles. The van der Waals surface area contributed by atoms with Crippen LogP contribution in [0, 0.1) is 13.8 Å². The van der Waals surface area contributed by atoms with Gasteiger partial charge < -0.3 is 10.3 Å². The van der Waals surface area contributed by atoms with E-state index < -0.39 is 11.7 Å². The fraction of sp³-hybridized carbons (Fsp3) is 0.250. The van der Waals surface area contributed by atoms with Gasteiger partial charge in [0.2, 0.25) is 0 Å². The predicted molar refractivity (Wildman–Crippen MR) is 62.5 cm³/mol. The molecule has 96 valence electrons. The SMILES string of the molecule is Cc1ncn(-c2cc(N)cc(C(F)(F)F)c2)c1C. The molecule has 0 amide bonds. The Morgan fingerprint density at radius 3 is 2.33 bits per heavy atom. The number of hydrogen-bond donors (Lipinski definition) is 1. The third-order valence-corrected chi connectivity index (χ3v) is 2.80. The van der Waals surface area contributed by atoms with Crippen LogP contribution in [0.1, 0.15) is 17.0 Å². The van der Waals surface area contributed by atoms with Crippen LogP contribution in [-0.2, 0) is 6.18 Å². The van der Waals surface area contributed by atoms with Crippen molar-refractivity contribution in [3.8, 4) is 5.69 Å². The summed E-state index contributed by atoms with van der Waals surface area (Å²) in [6.07, 6.45) is -2.92. The molecule has 0 unspecified atom stereocenters. The maximum absolute atomic E-state index is 12.7. The lowest BCUT2D eigenvalue weighted by Gasteiger charge is -2.12. The normalized spacial score (nSPS) is 11.8. The first-order chi connectivity index (χ1) is 8.29. The second kappa shape index (κ2) is 4.04. The Morgan fingerprint density at radius 2 is 1.83 bits per heavy atom. The van der Waals surface area contributed by atoms with Crippen molar-refractivity contribution < 1.29 is 13.2 Å². The third-order valence-electron chi connectivity index (χ3n) is 2.80. The van der Waals surface area contributed by atoms with Gasteiger partial charge >= 0.3 is 6.18 Å². The molecule has 0 radical (unpaired) electrons. The van der Waals surface area contributed by atoms with E-state index >= 15 is 0 Å². The van der Waals surface area contributed by atoms with Crippen molar-refractivity contribution in [3.05, 3.63) is 41.5 Å². The van der Waals surface area contributed by atoms with Crippen molar-refractivity contribution in [2.24, 2.45) is 0 Å². The second-order valence-electron chi connectivity index (χ2n) is 4.10. The van der Waals surface area contributed by atoms with Crippen LogP contribution in [0.25, 0.3) is 5.69 Å². The van der Waals surface area contributed by atoms with E-state index in [2.05, 4.69) is 4.98 Å². The fourth-order valence-corrected chi connectivity index (χ4v) is 1.70. The highest BCUT2D eigenvalue weighted by molar-refractivity contribution is 5.52. The van der Waals surface area contributed by atoms with E-state index in [1.165, 1.54) is 12.4 Å². The highest BCUT2D eigenvalue weighted by Gasteiger charge is 2.31. The van der Waals surface area contributed by atoms with Gasteiger partial charge in [0.1, 0.15) is 0 Å². The van der Waals surface area contributed by atoms with E-state index in [9.17, 15) is 13.2 Å². The van der Waals surface area contributed by atoms with Crippen molar-refractivity contribution in [1.29, 1.82) is 0 Å². The summed E-state index contributed by atoms with van der Waals surface area (Å²) in [5, 5.41) is 0. The number of nitrogen functional groups attached to an aromatic ring is 1. The topological polar surface area (TPSA) is 43.8 Å². The zero-order valence-corrected chi connectivity index (χ0v) is 9.92. The summed E-state index contributed by atoms with van der Waals surface area (Å²) in [6.45, 7) is 3.58. The third kappa shape index (κ3) is 2.18. The molecule has 2 aromatic rings. The van der Waals surface area contributed by atoms with Gasteiger partial charge in [0.05, 0.1) is 17.6 Å². The van der Waals surface area contributed by atoms with Gasteiger partial charge in [-0.3, -0.25) is 0 Å². The van der Waals surface area contributed by atoms with E-state index in [1.54, 1.807) is 18.4 Å². The number of anilines is 1. The summed E-state index contributed by atoms with van der Waals surface area (Å²) in [6, 6.07) is 3.47. The van der Waals surface area contributed by atoms with E-state index in [0.29, 0.717) is 5.69 Å². The zero-order chi connectivity index (χ0) is 13.5. The van der Waals surface area contributed by atoms with Gasteiger partial charge in [0, 0.05) is 17.1 Å². The molecule has 1 aromatic heterocycles. The number of aryl methyl sites for hydroxylation is 1. The zero-order valence-electron chi connectivity index (χ0n) is 9.92. The number of alkyl halides is 3. The molecule has 0 spiro atoms. The van der Waals surface area contributed by atoms with Gasteiger partial charge in [0.25, 0.3) is 0 Å². The Hall–Kier alpha value is -1.98. The molecule has 0 aliphatic carbocycles. The van der Waals surface area contributed by atoms with Gasteiger partial charge in [-0.05, 0) is 32.0 Å². The Balaban J connectivity index is 2.59. The first-order valence-electron chi connectivity index (χ1n) is 5.27. The standard InChI is InChI=1S/C12H12F3N3/c1-7-8(2)18(6-17-7)11-4-9(12(13,14)15)3-10(16)5-11/h3-6H,16H2,1-2H3. The molecular formula is C12H12F3N3. The minimum atomic E-state index is -4.41. The molecule has 0 atom stereocenters. The summed E-state index contributed by atoms with van der Waals surface area (Å²) in [7, 11) is 0. The second-order valence-corrected chi connectivity index (χ2v) is 4.10. The molecule has 1 aromatic carbocycles. The monoisotopic (exact) mass is 255 g/mol. The van der Waals surface area contributed by atoms with Crippen LogP contribution in [-0.4, -0.2) is 9.55 Å². The lowest BCUT2D eigenvalue weighted by Crippen LogP contribution is -2.08. The lowest BCUT2D eigenvalue weighted by atomic mass is 10.1. The molecule has 0 bridgehead atoms. The number of nitrogens with zero attached hydrogens (tertiary/aromatic N) is 2. The van der Waals surface area contributed by atoms with Gasteiger partial charge in [0.15, 0.2) is 0 Å². The number of benzene rings is 1. The van der Waals surface area contributed by atoms with Crippen molar-refractivity contribution in [2.45, 2.75) is 20.0 Å². The molecular weight excluding hydrogens is 243 g/mol. The predicted octanol–water partition coefficient (Wildman–Crippen LogP) is 3.09. The summed E-state index contributed by atoms with van der Waals surface area (Å²) < 4.78 is 39.7. The van der Waals surface area contributed by atoms with Crippen LogP contribution in [0.4, 0.5) is 18.9 Å². The molecule has 2 rings (SSSR count). The molecule has 0 fully saturated rings. The number of nitrogens with two attached hydrogens (primary N) is 1. The average Bonchev–Trinajstić information content (AvgIpc) is 2.58. The fourth-order valence-electron chi connectivity index (χ4n) is 1.70. The number of imidazole rings is 1. The highest BCUT2D eigenvalue weighted by atomic mass is 19.4. The number of aromatic nitrogens is 2. The first kappa shape index (κ1) is 12.5. The van der Waals surface area contributed by atoms with Crippen LogP contribution in [0.3, 0.4) is 0 Å². The number of hydrogen-bond acceptors (Lipinski definition) is 2. The molecule has 0 aliphatic rings. The molecule has 18 heavy (non-hydrogen) atoms. The van der Waals surface area contributed by atoms with Crippen molar-refractivity contribution in [1.82, 2.24) is 9.55 Å². The van der Waals surface area contributed by atoms with E-state index in [0.717, 1.165) is 23.5 Å². The summed E-state index contributed by atoms with van der Waals surface area (Å²) in [5.41, 5.74) is 6.75. The summed E-state index contributed by atoms with van der Waals surface area (Å²) >= 11 is 0. The average molecular weight is 255 g/mol. The first-order valence-corrected chi connectivity index (χ1v) is 5.27. The van der Waals surface area contributed by atoms with Gasteiger partial charge in [-0.25, -0.2) is 4.98 Å². The van der Waals surface area contributed by atoms with Crippen LogP contribution < -0.4 is 5.73 Å². The maximum Gasteiger partial charge on any atom is 0.416 e. The van der Waals surface area contributed by atoms with Crippen LogP contribution >= 0.6 is 0 Å². The Kier molecular flexibility index (Phi) is 2.80. The highest BCUT2D eigenvalue weighted by Crippen LogP contribution is 2.32. The van der Waals surface area contributed by atoms with Crippen molar-refractivity contribution in [3.63, 3.8) is 0 Å². The van der Waals surface area contributed by atoms with Crippen molar-refractivity contribution in [2.75, 3.05) is 5.73 Å². The summed E-state index contributed by atoms with van der Waals surface area (Å²) in [5.74, 6) is 0. The Morgan fingerprint density at radius 1 is 1.17 bits per heavy atom. The molecule has 0 aliphatic heterocycles. The maximum atomic E-state index is 12.7. The largest absolute Gasteiger partial charge is 0.416 e. The molecule has 3 nitrogen and oxygen atoms in total. The molecule has 6 heteroatoms. The van der Waals surface area contributed by atoms with Crippen LogP contribution in [0.5, 0.6) is 0 Å². The van der Waals surface area contributed by atoms with Crippen LogP contribution in [0.2, 0.25) is 0 Å². The molecule has 2 N–H and O–H groups in total. The van der Waals surface area contributed by atoms with E-state index in [-0.39, 0.29) is 5.69 Å². The van der Waals surface area contributed by atoms with E-state index in [1.807, 2.05) is 0 Å². The number of rotatable bonds is 1. The van der Waals surface area contributed by atoms with Gasteiger partial charge in [-0.2, -0.15) is 13.2 Å². The van der Waals surface area contributed by atoms with Gasteiger partial charge in [-0.1, -0.05) is 0 Å². The number of halogens is 3. The smallest absolute Gasteiger partial charge is 0.399 e.